The highest BCUT2D eigenvalue weighted by atomic mass is 32.2. The summed E-state index contributed by atoms with van der Waals surface area (Å²) in [6, 6.07) is 5.38. The topological polar surface area (TPSA) is 88.0 Å². The lowest BCUT2D eigenvalue weighted by Crippen LogP contribution is -2.47. The third-order valence-corrected chi connectivity index (χ3v) is 6.19. The van der Waals surface area contributed by atoms with Gasteiger partial charge in [0.15, 0.2) is 0 Å². The fraction of sp³-hybridized carbons (Fsp3) is 0.562. The number of benzene rings is 1. The Bertz CT molecular complexity index is 723. The molecule has 132 valence electrons. The second-order valence-electron chi connectivity index (χ2n) is 6.15. The summed E-state index contributed by atoms with van der Waals surface area (Å²) in [7, 11) is -3.62. The van der Waals surface area contributed by atoms with Crippen LogP contribution in [0.1, 0.15) is 43.7 Å². The van der Waals surface area contributed by atoms with Gasteiger partial charge in [-0.1, -0.05) is 18.6 Å². The molecule has 8 heteroatoms. The summed E-state index contributed by atoms with van der Waals surface area (Å²) in [4.78, 5) is 0. The van der Waals surface area contributed by atoms with Gasteiger partial charge in [0, 0.05) is 6.61 Å². The lowest BCUT2D eigenvalue weighted by Gasteiger charge is -2.34. The minimum absolute atomic E-state index is 0.0686. The summed E-state index contributed by atoms with van der Waals surface area (Å²) in [6.07, 6.45) is 2.90. The summed E-state index contributed by atoms with van der Waals surface area (Å²) < 4.78 is 47.6. The smallest absolute Gasteiger partial charge is 0.301 e. The number of nitrogens with one attached hydrogen (secondary N) is 1. The van der Waals surface area contributed by atoms with E-state index >= 15 is 0 Å². The molecule has 1 fully saturated rings. The number of hydrogen-bond donors (Lipinski definition) is 2. The number of nitrogens with zero attached hydrogens (tertiary/aromatic N) is 1. The fourth-order valence-corrected chi connectivity index (χ4v) is 4.77. The van der Waals surface area contributed by atoms with Gasteiger partial charge in [-0.3, -0.25) is 0 Å². The minimum Gasteiger partial charge on any atom is -0.460 e. The largest absolute Gasteiger partial charge is 0.460 e. The predicted octanol–water partition coefficient (Wildman–Crippen LogP) is 1.87. The molecule has 3 atom stereocenters. The number of aliphatic hydroxyl groups is 1. The third-order valence-electron chi connectivity index (χ3n) is 4.46. The highest BCUT2D eigenvalue weighted by Gasteiger charge is 2.41. The molecular weight excluding hydrogens is 335 g/mol. The van der Waals surface area contributed by atoms with E-state index in [-0.39, 0.29) is 19.0 Å². The maximum Gasteiger partial charge on any atom is 0.301 e. The van der Waals surface area contributed by atoms with Gasteiger partial charge in [-0.2, -0.15) is 0 Å². The first-order valence-corrected chi connectivity index (χ1v) is 9.63. The molecule has 1 saturated carbocycles. The molecule has 2 aliphatic rings. The Morgan fingerprint density at radius 2 is 2.17 bits per heavy atom. The number of sulfonamides is 1. The number of halogens is 1. The number of hydrogen-bond acceptors (Lipinski definition) is 5. The van der Waals surface area contributed by atoms with Gasteiger partial charge in [0.2, 0.25) is 0 Å². The van der Waals surface area contributed by atoms with Crippen LogP contribution in [0.25, 0.3) is 0 Å². The van der Waals surface area contributed by atoms with Gasteiger partial charge >= 0.3 is 6.02 Å². The molecule has 2 unspecified atom stereocenters. The Morgan fingerprint density at radius 3 is 2.92 bits per heavy atom. The van der Waals surface area contributed by atoms with Crippen molar-refractivity contribution in [3.63, 3.8) is 0 Å². The molecule has 24 heavy (non-hydrogen) atoms. The summed E-state index contributed by atoms with van der Waals surface area (Å²) in [5, 5.41) is 11.6. The minimum atomic E-state index is -3.62. The Kier molecular flexibility index (Phi) is 5.05. The Morgan fingerprint density at radius 1 is 1.38 bits per heavy atom. The average Bonchev–Trinajstić information content (AvgIpc) is 2.54. The van der Waals surface area contributed by atoms with E-state index in [1.54, 1.807) is 12.1 Å². The van der Waals surface area contributed by atoms with Crippen molar-refractivity contribution in [2.24, 2.45) is 4.40 Å². The second kappa shape index (κ2) is 7.06. The van der Waals surface area contributed by atoms with Gasteiger partial charge in [-0.05, 0) is 43.4 Å². The van der Waals surface area contributed by atoms with E-state index in [1.165, 1.54) is 12.1 Å². The molecule has 2 N–H and O–H groups in total. The van der Waals surface area contributed by atoms with E-state index < -0.39 is 33.2 Å². The van der Waals surface area contributed by atoms with Crippen LogP contribution < -0.4 is 5.32 Å². The zero-order valence-corrected chi connectivity index (χ0v) is 14.0. The van der Waals surface area contributed by atoms with Crippen molar-refractivity contribution >= 4 is 16.0 Å². The van der Waals surface area contributed by atoms with Crippen molar-refractivity contribution in [2.45, 2.75) is 49.5 Å². The van der Waals surface area contributed by atoms with E-state index in [0.717, 1.165) is 12.8 Å². The molecule has 6 nitrogen and oxygen atoms in total. The van der Waals surface area contributed by atoms with Crippen molar-refractivity contribution in [1.29, 1.82) is 0 Å². The van der Waals surface area contributed by atoms with Crippen molar-refractivity contribution in [3.05, 3.63) is 35.6 Å². The molecule has 1 aliphatic carbocycles. The van der Waals surface area contributed by atoms with Crippen LogP contribution in [-0.4, -0.2) is 37.5 Å². The van der Waals surface area contributed by atoms with Crippen LogP contribution in [0.3, 0.4) is 0 Å². The molecule has 0 aromatic heterocycles. The normalized spacial score (nSPS) is 26.7. The van der Waals surface area contributed by atoms with E-state index in [2.05, 4.69) is 9.71 Å². The maximum absolute atomic E-state index is 13.4. The summed E-state index contributed by atoms with van der Waals surface area (Å²) in [5.41, 5.74) is 0.596. The predicted molar refractivity (Wildman–Crippen MR) is 87.5 cm³/mol. The molecule has 1 aromatic carbocycles. The summed E-state index contributed by atoms with van der Waals surface area (Å²) in [6.45, 7) is -0.139. The first kappa shape index (κ1) is 17.2. The van der Waals surface area contributed by atoms with Crippen LogP contribution in [0.4, 0.5) is 4.39 Å². The van der Waals surface area contributed by atoms with Crippen LogP contribution >= 0.6 is 0 Å². The van der Waals surface area contributed by atoms with Crippen molar-refractivity contribution in [3.8, 4) is 0 Å². The highest BCUT2D eigenvalue weighted by molar-refractivity contribution is 7.91. The van der Waals surface area contributed by atoms with Gasteiger partial charge in [0.25, 0.3) is 10.0 Å². The Hall–Kier alpha value is -1.67. The van der Waals surface area contributed by atoms with Gasteiger partial charge in [-0.25, -0.2) is 12.8 Å². The average molecular weight is 356 g/mol. The van der Waals surface area contributed by atoms with Crippen molar-refractivity contribution in [2.75, 3.05) is 6.61 Å². The molecule has 3 rings (SSSR count). The van der Waals surface area contributed by atoms with Gasteiger partial charge < -0.3 is 15.2 Å². The van der Waals surface area contributed by atoms with Crippen LogP contribution in [-0.2, 0) is 14.8 Å². The van der Waals surface area contributed by atoms with Crippen molar-refractivity contribution in [1.82, 2.24) is 5.32 Å². The van der Waals surface area contributed by atoms with E-state index in [1.807, 2.05) is 0 Å². The lowest BCUT2D eigenvalue weighted by atomic mass is 9.97. The monoisotopic (exact) mass is 356 g/mol. The van der Waals surface area contributed by atoms with E-state index in [0.29, 0.717) is 18.4 Å². The third kappa shape index (κ3) is 3.70. The van der Waals surface area contributed by atoms with Crippen LogP contribution in [0, 0.1) is 5.82 Å². The molecule has 1 aromatic rings. The first-order valence-electron chi connectivity index (χ1n) is 8.13. The van der Waals surface area contributed by atoms with Gasteiger partial charge in [0.05, 0.1) is 6.04 Å². The van der Waals surface area contributed by atoms with Crippen LogP contribution in [0.2, 0.25) is 0 Å². The molecule has 0 bridgehead atoms. The summed E-state index contributed by atoms with van der Waals surface area (Å²) >= 11 is 0. The number of amidine groups is 1. The molecule has 0 amide bonds. The molecule has 0 spiro atoms. The number of ether oxygens (including phenoxy) is 1. The lowest BCUT2D eigenvalue weighted by molar-refractivity contribution is 0.130. The number of rotatable bonds is 4. The Labute approximate surface area is 140 Å². The molecular formula is C16H21FN2O4S. The highest BCUT2D eigenvalue weighted by Crippen LogP contribution is 2.31. The van der Waals surface area contributed by atoms with Crippen LogP contribution in [0.5, 0.6) is 0 Å². The molecule has 1 heterocycles. The SMILES string of the molecule is O=S1(=O)N=C(N[C@@H](CCO)c2cccc(F)c2)OC2CCCCC21. The zero-order valence-electron chi connectivity index (χ0n) is 13.2. The summed E-state index contributed by atoms with van der Waals surface area (Å²) in [5.74, 6) is -0.399. The Balaban J connectivity index is 1.83. The fourth-order valence-electron chi connectivity index (χ4n) is 3.27. The van der Waals surface area contributed by atoms with Crippen LogP contribution in [0.15, 0.2) is 28.7 Å². The van der Waals surface area contributed by atoms with Crippen molar-refractivity contribution < 1.29 is 22.7 Å². The van der Waals surface area contributed by atoms with E-state index in [4.69, 9.17) is 4.74 Å². The molecule has 0 saturated heterocycles. The molecule has 1 aliphatic heterocycles. The maximum atomic E-state index is 13.4. The zero-order chi connectivity index (χ0) is 17.2. The number of fused-ring (bicyclic) bond motifs is 1. The quantitative estimate of drug-likeness (QED) is 0.860. The standard InChI is InChI=1S/C16H21FN2O4S/c17-12-5-3-4-11(10-12)13(8-9-20)18-16-19-24(21,22)15-7-2-1-6-14(15)23-16/h3-5,10,13-15,20H,1-2,6-9H2,(H,18,19)/t13-,14?,15?/m0/s1. The second-order valence-corrected chi connectivity index (χ2v) is 7.97. The number of aliphatic hydroxyl groups excluding tert-OH is 1. The van der Waals surface area contributed by atoms with E-state index in [9.17, 15) is 17.9 Å². The first-order chi connectivity index (χ1) is 11.5. The van der Waals surface area contributed by atoms with Gasteiger partial charge in [-0.15, -0.1) is 4.40 Å². The molecule has 0 radical (unpaired) electrons. The van der Waals surface area contributed by atoms with Gasteiger partial charge in [0.1, 0.15) is 17.2 Å².